The van der Waals surface area contributed by atoms with Gasteiger partial charge in [0.25, 0.3) is 0 Å². The van der Waals surface area contributed by atoms with E-state index in [0.29, 0.717) is 26.4 Å². The van der Waals surface area contributed by atoms with Crippen molar-refractivity contribution >= 4 is 0 Å². The maximum atomic E-state index is 8.89. The fourth-order valence-electron chi connectivity index (χ4n) is 1.41. The third-order valence-electron chi connectivity index (χ3n) is 1.99. The third-order valence-corrected chi connectivity index (χ3v) is 1.99. The molecule has 0 aliphatic heterocycles. The van der Waals surface area contributed by atoms with Crippen molar-refractivity contribution in [3.05, 3.63) is 0 Å². The molecule has 0 atom stereocenters. The number of rotatable bonds is 8. The van der Waals surface area contributed by atoms with Crippen LogP contribution in [0.3, 0.4) is 0 Å². The van der Waals surface area contributed by atoms with Crippen molar-refractivity contribution in [2.75, 3.05) is 54.9 Å². The molecule has 0 saturated carbocycles. The molecule has 0 aromatic carbocycles. The first-order valence-electron chi connectivity index (χ1n) is 9.10. The second-order valence-corrected chi connectivity index (χ2v) is 8.98. The van der Waals surface area contributed by atoms with Crippen LogP contribution < -0.4 is 0 Å². The Morgan fingerprint density at radius 3 is 0.517 bits per heavy atom. The van der Waals surface area contributed by atoms with Gasteiger partial charge in [-0.1, -0.05) is 0 Å². The summed E-state index contributed by atoms with van der Waals surface area (Å²) in [5, 5.41) is 35.6. The molecule has 0 amide bonds. The summed E-state index contributed by atoms with van der Waals surface area (Å²) < 4.78 is 18.6. The van der Waals surface area contributed by atoms with E-state index >= 15 is 0 Å². The van der Waals surface area contributed by atoms with Crippen LogP contribution in [0.15, 0.2) is 0 Å². The molecule has 9 heteroatoms. The minimum Gasteiger partial charge on any atom is -0.388 e. The predicted molar refractivity (Wildman–Crippen MR) is 113 cm³/mol. The average molecular weight is 595 g/mol. The first-order chi connectivity index (χ1) is 12.2. The van der Waals surface area contributed by atoms with Gasteiger partial charge in [-0.3, -0.25) is 0 Å². The van der Waals surface area contributed by atoms with E-state index in [2.05, 4.69) is 18.9 Å². The molecular weight excluding hydrogens is 547 g/mol. The number of aliphatic hydroxyl groups is 4. The predicted octanol–water partition coefficient (Wildman–Crippen LogP) is 1.61. The van der Waals surface area contributed by atoms with Crippen LogP contribution >= 0.6 is 0 Å². The van der Waals surface area contributed by atoms with Gasteiger partial charge in [-0.05, 0) is 55.4 Å². The van der Waals surface area contributed by atoms with Crippen molar-refractivity contribution in [3.8, 4) is 0 Å². The van der Waals surface area contributed by atoms with Crippen LogP contribution in [-0.2, 0) is 44.8 Å². The van der Waals surface area contributed by atoms with Gasteiger partial charge in [-0.25, -0.2) is 0 Å². The fourth-order valence-corrected chi connectivity index (χ4v) is 1.41. The molecule has 0 spiro atoms. The van der Waals surface area contributed by atoms with Gasteiger partial charge < -0.3 is 39.4 Å². The molecule has 0 saturated heterocycles. The molecule has 180 valence electrons. The van der Waals surface area contributed by atoms with Crippen LogP contribution in [0.5, 0.6) is 0 Å². The minimum absolute atomic E-state index is 0. The fraction of sp³-hybridized carbons (Fsp3) is 1.00. The SMILES string of the molecule is COCC(C)(C)O.COCC(C)(C)O.COCC(C)(C)O.COCC(C)(C)O.[Hf]. The van der Waals surface area contributed by atoms with Crippen molar-refractivity contribution in [1.82, 2.24) is 0 Å². The normalized spacial score (nSPS) is 11.6. The van der Waals surface area contributed by atoms with Gasteiger partial charge in [0.2, 0.25) is 0 Å². The molecule has 0 radical (unpaired) electrons. The van der Waals surface area contributed by atoms with Gasteiger partial charge in [-0.15, -0.1) is 0 Å². The zero-order chi connectivity index (χ0) is 23.7. The summed E-state index contributed by atoms with van der Waals surface area (Å²) >= 11 is 0. The van der Waals surface area contributed by atoms with Crippen LogP contribution in [0.4, 0.5) is 0 Å². The molecule has 0 aromatic heterocycles. The van der Waals surface area contributed by atoms with Crippen LogP contribution in [0.25, 0.3) is 0 Å². The number of methoxy groups -OCH3 is 4. The molecule has 0 aromatic rings. The minimum atomic E-state index is -0.672. The van der Waals surface area contributed by atoms with E-state index in [4.69, 9.17) is 20.4 Å². The third kappa shape index (κ3) is 73.5. The van der Waals surface area contributed by atoms with E-state index in [0.717, 1.165) is 0 Å². The van der Waals surface area contributed by atoms with Crippen molar-refractivity contribution in [2.45, 2.75) is 77.8 Å². The van der Waals surface area contributed by atoms with E-state index < -0.39 is 22.4 Å². The summed E-state index contributed by atoms with van der Waals surface area (Å²) in [5.74, 6) is 0. The Hall–Kier alpha value is 0.550. The zero-order valence-electron chi connectivity index (χ0n) is 20.8. The molecule has 0 heterocycles. The summed E-state index contributed by atoms with van der Waals surface area (Å²) in [6.07, 6.45) is 0. The standard InChI is InChI=1S/4C5H12O2.Hf/c4*1-5(2,6)4-7-3;/h4*6H,4H2,1-3H3;. The van der Waals surface area contributed by atoms with Gasteiger partial charge in [0.1, 0.15) is 0 Å². The summed E-state index contributed by atoms with van der Waals surface area (Å²) in [4.78, 5) is 0. The quantitative estimate of drug-likeness (QED) is 0.313. The Labute approximate surface area is 197 Å². The Morgan fingerprint density at radius 1 is 0.414 bits per heavy atom. The molecule has 0 aliphatic carbocycles. The maximum Gasteiger partial charge on any atom is 0.0824 e. The summed E-state index contributed by atoms with van der Waals surface area (Å²) in [5.41, 5.74) is -2.69. The smallest absolute Gasteiger partial charge is 0.0824 e. The van der Waals surface area contributed by atoms with Crippen LogP contribution in [0, 0.1) is 0 Å². The molecule has 0 bridgehead atoms. The monoisotopic (exact) mass is 596 g/mol. The Bertz CT molecular complexity index is 248. The molecule has 0 unspecified atom stereocenters. The molecular formula is C20H48HfO8. The summed E-state index contributed by atoms with van der Waals surface area (Å²) in [6.45, 7) is 15.2. The average Bonchev–Trinajstić information content (AvgIpc) is 2.34. The van der Waals surface area contributed by atoms with Crippen molar-refractivity contribution < 1.29 is 65.2 Å². The second kappa shape index (κ2) is 20.5. The molecule has 29 heavy (non-hydrogen) atoms. The largest absolute Gasteiger partial charge is 0.388 e. The van der Waals surface area contributed by atoms with Crippen molar-refractivity contribution in [1.29, 1.82) is 0 Å². The first-order valence-corrected chi connectivity index (χ1v) is 9.10. The first kappa shape index (κ1) is 40.0. The van der Waals surface area contributed by atoms with E-state index in [1.54, 1.807) is 83.8 Å². The van der Waals surface area contributed by atoms with Crippen molar-refractivity contribution in [3.63, 3.8) is 0 Å². The molecule has 4 N–H and O–H groups in total. The van der Waals surface area contributed by atoms with E-state index in [-0.39, 0.29) is 25.8 Å². The molecule has 0 fully saturated rings. The Morgan fingerprint density at radius 2 is 0.517 bits per heavy atom. The van der Waals surface area contributed by atoms with Gasteiger partial charge in [0, 0.05) is 54.3 Å². The topological polar surface area (TPSA) is 118 Å². The van der Waals surface area contributed by atoms with Gasteiger partial charge in [-0.2, -0.15) is 0 Å². The van der Waals surface area contributed by atoms with Crippen LogP contribution in [-0.4, -0.2) is 97.7 Å². The number of ether oxygens (including phenoxy) is 4. The number of hydrogen-bond donors (Lipinski definition) is 4. The Balaban J connectivity index is -0.0000000873. The van der Waals surface area contributed by atoms with Crippen LogP contribution in [0.1, 0.15) is 55.4 Å². The van der Waals surface area contributed by atoms with E-state index in [1.807, 2.05) is 0 Å². The van der Waals surface area contributed by atoms with E-state index in [9.17, 15) is 0 Å². The van der Waals surface area contributed by atoms with Gasteiger partial charge in [0.15, 0.2) is 0 Å². The molecule has 8 nitrogen and oxygen atoms in total. The zero-order valence-corrected chi connectivity index (χ0v) is 24.3. The van der Waals surface area contributed by atoms with E-state index in [1.165, 1.54) is 0 Å². The van der Waals surface area contributed by atoms with Gasteiger partial charge >= 0.3 is 0 Å². The van der Waals surface area contributed by atoms with Crippen molar-refractivity contribution in [2.24, 2.45) is 0 Å². The molecule has 0 rings (SSSR count). The second-order valence-electron chi connectivity index (χ2n) is 8.98. The summed E-state index contributed by atoms with van der Waals surface area (Å²) in [6, 6.07) is 0. The van der Waals surface area contributed by atoms with Gasteiger partial charge in [0.05, 0.1) is 48.8 Å². The Kier molecular flexibility index (Phi) is 28.2. The molecule has 0 aliphatic rings. The maximum absolute atomic E-state index is 8.89. The number of hydrogen-bond acceptors (Lipinski definition) is 8. The summed E-state index contributed by atoms with van der Waals surface area (Å²) in [7, 11) is 6.27. The van der Waals surface area contributed by atoms with Crippen LogP contribution in [0.2, 0.25) is 0 Å².